The van der Waals surface area contributed by atoms with Gasteiger partial charge in [0.25, 0.3) is 5.91 Å². The average Bonchev–Trinajstić information content (AvgIpc) is 3.22. The Hall–Kier alpha value is -3.03. The van der Waals surface area contributed by atoms with E-state index in [9.17, 15) is 4.79 Å². The number of tetrazole rings is 1. The topological polar surface area (TPSA) is 98.7 Å². The summed E-state index contributed by atoms with van der Waals surface area (Å²) in [6.45, 7) is 4.34. The minimum Gasteiger partial charge on any atom is -0.351 e. The number of para-hydroxylation sites is 1. The van der Waals surface area contributed by atoms with E-state index in [0.717, 1.165) is 17.8 Å². The normalized spacial score (nSPS) is 11.0. The fraction of sp³-hybridized carbons (Fsp3) is 0.312. The Bertz CT molecular complexity index is 809. The molecule has 0 saturated heterocycles. The van der Waals surface area contributed by atoms with Crippen molar-refractivity contribution in [1.82, 2.24) is 30.7 Å². The molecule has 0 radical (unpaired) electrons. The van der Waals surface area contributed by atoms with Gasteiger partial charge in [-0.3, -0.25) is 4.79 Å². The maximum absolute atomic E-state index is 12.2. The molecule has 0 unspecified atom stereocenters. The Morgan fingerprint density at radius 1 is 1.29 bits per heavy atom. The lowest BCUT2D eigenvalue weighted by Gasteiger charge is -2.04. The molecule has 0 atom stereocenters. The van der Waals surface area contributed by atoms with Gasteiger partial charge < -0.3 is 9.84 Å². The zero-order chi connectivity index (χ0) is 16.9. The number of hydrogen-bond acceptors (Lipinski definition) is 6. The number of carbonyl (C=O) groups excluding carboxylic acids is 1. The van der Waals surface area contributed by atoms with Crippen LogP contribution in [-0.4, -0.2) is 31.3 Å². The van der Waals surface area contributed by atoms with Crippen molar-refractivity contribution < 1.29 is 9.32 Å². The summed E-state index contributed by atoms with van der Waals surface area (Å²) in [5, 5.41) is 18.2. The van der Waals surface area contributed by atoms with Crippen LogP contribution in [0, 0.1) is 5.92 Å². The molecule has 2 heterocycles. The third-order valence-corrected chi connectivity index (χ3v) is 3.34. The molecular formula is C16H18N6O2. The molecule has 0 aliphatic carbocycles. The number of nitrogens with one attached hydrogen (secondary N) is 1. The van der Waals surface area contributed by atoms with Gasteiger partial charge in [0.1, 0.15) is 0 Å². The predicted octanol–water partition coefficient (Wildman–Crippen LogP) is 1.78. The Morgan fingerprint density at radius 2 is 2.08 bits per heavy atom. The van der Waals surface area contributed by atoms with E-state index in [-0.39, 0.29) is 18.2 Å². The molecule has 1 N–H and O–H groups in total. The van der Waals surface area contributed by atoms with Gasteiger partial charge in [0.05, 0.1) is 17.9 Å². The second-order valence-electron chi connectivity index (χ2n) is 5.81. The van der Waals surface area contributed by atoms with E-state index in [0.29, 0.717) is 11.7 Å². The molecule has 0 spiro atoms. The van der Waals surface area contributed by atoms with Crippen LogP contribution in [-0.2, 0) is 13.0 Å². The van der Waals surface area contributed by atoms with Crippen LogP contribution in [0.2, 0.25) is 0 Å². The van der Waals surface area contributed by atoms with Crippen molar-refractivity contribution in [2.24, 2.45) is 5.92 Å². The van der Waals surface area contributed by atoms with E-state index in [2.05, 4.69) is 39.8 Å². The second kappa shape index (κ2) is 7.03. The van der Waals surface area contributed by atoms with Crippen LogP contribution >= 0.6 is 0 Å². The van der Waals surface area contributed by atoms with Gasteiger partial charge in [-0.15, -0.1) is 5.10 Å². The summed E-state index contributed by atoms with van der Waals surface area (Å²) in [6.07, 6.45) is 0.767. The van der Waals surface area contributed by atoms with Crippen LogP contribution in [0.3, 0.4) is 0 Å². The third kappa shape index (κ3) is 3.65. The van der Waals surface area contributed by atoms with Crippen molar-refractivity contribution in [3.63, 3.8) is 0 Å². The smallest absolute Gasteiger partial charge is 0.290 e. The Balaban J connectivity index is 1.65. The van der Waals surface area contributed by atoms with Gasteiger partial charge in [-0.25, -0.2) is 0 Å². The first kappa shape index (κ1) is 15.9. The monoisotopic (exact) mass is 326 g/mol. The summed E-state index contributed by atoms with van der Waals surface area (Å²) < 4.78 is 6.67. The summed E-state index contributed by atoms with van der Waals surface area (Å²) in [4.78, 5) is 12.2. The van der Waals surface area contributed by atoms with E-state index >= 15 is 0 Å². The van der Waals surface area contributed by atoms with E-state index in [1.54, 1.807) is 10.7 Å². The number of rotatable bonds is 6. The van der Waals surface area contributed by atoms with Gasteiger partial charge >= 0.3 is 0 Å². The molecule has 3 rings (SSSR count). The minimum atomic E-state index is -0.347. The van der Waals surface area contributed by atoms with Gasteiger partial charge in [-0.2, -0.15) is 4.68 Å². The fourth-order valence-electron chi connectivity index (χ4n) is 2.27. The van der Waals surface area contributed by atoms with Gasteiger partial charge in [0.15, 0.2) is 5.82 Å². The second-order valence-corrected chi connectivity index (χ2v) is 5.81. The first-order valence-corrected chi connectivity index (χ1v) is 7.70. The molecule has 0 saturated carbocycles. The Labute approximate surface area is 138 Å². The van der Waals surface area contributed by atoms with Crippen LogP contribution in [0.25, 0.3) is 5.69 Å². The first-order valence-electron chi connectivity index (χ1n) is 7.70. The highest BCUT2D eigenvalue weighted by Crippen LogP contribution is 2.10. The number of hydrogen-bond donors (Lipinski definition) is 1. The number of nitrogens with zero attached hydrogens (tertiary/aromatic N) is 5. The van der Waals surface area contributed by atoms with Crippen LogP contribution in [0.15, 0.2) is 40.9 Å². The molecular weight excluding hydrogens is 308 g/mol. The molecule has 0 fully saturated rings. The van der Waals surface area contributed by atoms with Crippen molar-refractivity contribution in [2.75, 3.05) is 0 Å². The van der Waals surface area contributed by atoms with Gasteiger partial charge in [-0.1, -0.05) is 37.2 Å². The predicted molar refractivity (Wildman–Crippen MR) is 85.4 cm³/mol. The zero-order valence-electron chi connectivity index (χ0n) is 13.5. The fourth-order valence-corrected chi connectivity index (χ4v) is 2.27. The molecule has 8 heteroatoms. The molecule has 3 aromatic rings. The quantitative estimate of drug-likeness (QED) is 0.741. The molecule has 0 bridgehead atoms. The average molecular weight is 326 g/mol. The summed E-state index contributed by atoms with van der Waals surface area (Å²) >= 11 is 0. The molecule has 0 aliphatic rings. The minimum absolute atomic E-state index is 0.181. The van der Waals surface area contributed by atoms with Crippen molar-refractivity contribution in [3.8, 4) is 5.69 Å². The molecule has 0 aliphatic heterocycles. The maximum atomic E-state index is 12.2. The number of carbonyl (C=O) groups is 1. The van der Waals surface area contributed by atoms with Crippen molar-refractivity contribution in [3.05, 3.63) is 53.7 Å². The van der Waals surface area contributed by atoms with Crippen molar-refractivity contribution in [2.45, 2.75) is 26.8 Å². The summed E-state index contributed by atoms with van der Waals surface area (Å²) in [6, 6.07) is 11.1. The Kier molecular flexibility index (Phi) is 4.64. The molecule has 2 aromatic heterocycles. The zero-order valence-corrected chi connectivity index (χ0v) is 13.5. The lowest BCUT2D eigenvalue weighted by molar-refractivity contribution is 0.0912. The summed E-state index contributed by atoms with van der Waals surface area (Å²) in [5.74, 6) is 0.808. The van der Waals surface area contributed by atoms with E-state index < -0.39 is 0 Å². The number of aromatic nitrogens is 5. The highest BCUT2D eigenvalue weighted by atomic mass is 16.5. The number of benzene rings is 1. The third-order valence-electron chi connectivity index (χ3n) is 3.34. The van der Waals surface area contributed by atoms with E-state index in [1.807, 2.05) is 30.3 Å². The maximum Gasteiger partial charge on any atom is 0.290 e. The van der Waals surface area contributed by atoms with E-state index in [1.165, 1.54) is 0 Å². The highest BCUT2D eigenvalue weighted by molar-refractivity contribution is 5.91. The molecule has 1 aromatic carbocycles. The van der Waals surface area contributed by atoms with Crippen molar-refractivity contribution in [1.29, 1.82) is 0 Å². The molecule has 24 heavy (non-hydrogen) atoms. The summed E-state index contributed by atoms with van der Waals surface area (Å²) in [5.41, 5.74) is 1.59. The first-order chi connectivity index (χ1) is 11.6. The van der Waals surface area contributed by atoms with Crippen LogP contribution < -0.4 is 5.32 Å². The van der Waals surface area contributed by atoms with Gasteiger partial charge in [0.2, 0.25) is 5.76 Å². The highest BCUT2D eigenvalue weighted by Gasteiger charge is 2.15. The standard InChI is InChI=1S/C16H18N6O2/c1-11(2)8-12-9-14(24-19-12)16(23)17-10-15-18-20-21-22(15)13-6-4-3-5-7-13/h3-7,9,11H,8,10H2,1-2H3,(H,17,23). The lowest BCUT2D eigenvalue weighted by Crippen LogP contribution is -2.24. The summed E-state index contributed by atoms with van der Waals surface area (Å²) in [7, 11) is 0. The van der Waals surface area contributed by atoms with E-state index in [4.69, 9.17) is 4.52 Å². The van der Waals surface area contributed by atoms with Gasteiger partial charge in [-0.05, 0) is 34.9 Å². The molecule has 124 valence electrons. The molecule has 8 nitrogen and oxygen atoms in total. The number of amides is 1. The lowest BCUT2D eigenvalue weighted by atomic mass is 10.1. The van der Waals surface area contributed by atoms with Crippen LogP contribution in [0.1, 0.15) is 35.9 Å². The van der Waals surface area contributed by atoms with Gasteiger partial charge in [0, 0.05) is 6.07 Å². The largest absolute Gasteiger partial charge is 0.351 e. The Morgan fingerprint density at radius 3 is 2.83 bits per heavy atom. The van der Waals surface area contributed by atoms with Crippen LogP contribution in [0.5, 0.6) is 0 Å². The SMILES string of the molecule is CC(C)Cc1cc(C(=O)NCc2nnnn2-c2ccccc2)on1. The van der Waals surface area contributed by atoms with Crippen molar-refractivity contribution >= 4 is 5.91 Å². The molecule has 1 amide bonds. The van der Waals surface area contributed by atoms with Crippen LogP contribution in [0.4, 0.5) is 0 Å².